The fourth-order valence-electron chi connectivity index (χ4n) is 3.86. The highest BCUT2D eigenvalue weighted by Crippen LogP contribution is 2.60. The van der Waals surface area contributed by atoms with Crippen LogP contribution in [0.5, 0.6) is 0 Å². The lowest BCUT2D eigenvalue weighted by Crippen LogP contribution is -2.32. The number of rotatable bonds is 3. The Kier molecular flexibility index (Phi) is 3.46. The second-order valence-electron chi connectivity index (χ2n) is 5.79. The number of hydrazine groups is 1. The van der Waals surface area contributed by atoms with E-state index in [9.17, 15) is 13.2 Å². The van der Waals surface area contributed by atoms with Crippen molar-refractivity contribution < 1.29 is 13.2 Å². The zero-order chi connectivity index (χ0) is 14.3. The molecule has 1 aromatic rings. The van der Waals surface area contributed by atoms with Gasteiger partial charge in [-0.3, -0.25) is 16.3 Å². The van der Waals surface area contributed by atoms with Crippen LogP contribution in [0, 0.1) is 17.8 Å². The summed E-state index contributed by atoms with van der Waals surface area (Å²) in [6.07, 6.45) is 2.68. The van der Waals surface area contributed by atoms with Gasteiger partial charge in [-0.1, -0.05) is 12.8 Å². The second-order valence-corrected chi connectivity index (χ2v) is 5.79. The molecule has 2 aliphatic carbocycles. The van der Waals surface area contributed by atoms with Crippen LogP contribution in [0.4, 0.5) is 13.2 Å². The first-order chi connectivity index (χ1) is 9.54. The third-order valence-corrected chi connectivity index (χ3v) is 4.78. The second kappa shape index (κ2) is 5.00. The fourth-order valence-corrected chi connectivity index (χ4v) is 3.86. The van der Waals surface area contributed by atoms with Gasteiger partial charge in [-0.05, 0) is 36.7 Å². The molecule has 3 atom stereocenters. The van der Waals surface area contributed by atoms with Crippen molar-refractivity contribution in [3.63, 3.8) is 0 Å². The number of halogens is 3. The van der Waals surface area contributed by atoms with Gasteiger partial charge >= 0.3 is 6.18 Å². The molecule has 0 amide bonds. The molecule has 3 N–H and O–H groups in total. The van der Waals surface area contributed by atoms with E-state index in [-0.39, 0.29) is 11.5 Å². The standard InChI is InChI=1S/C14H18F3N3/c15-14(16,17)11-5-6-19-7-10(11)13(20-18)12-8-3-1-2-4-9(8)12/h5-9,12-13,20H,1-4,18H2. The maximum atomic E-state index is 13.1. The molecule has 20 heavy (non-hydrogen) atoms. The smallest absolute Gasteiger partial charge is 0.271 e. The van der Waals surface area contributed by atoms with Crippen molar-refractivity contribution >= 4 is 0 Å². The largest absolute Gasteiger partial charge is 0.416 e. The lowest BCUT2D eigenvalue weighted by molar-refractivity contribution is -0.138. The highest BCUT2D eigenvalue weighted by Gasteiger charge is 2.55. The molecular weight excluding hydrogens is 267 g/mol. The van der Waals surface area contributed by atoms with Gasteiger partial charge in [0, 0.05) is 18.0 Å². The van der Waals surface area contributed by atoms with Crippen molar-refractivity contribution in [3.8, 4) is 0 Å². The summed E-state index contributed by atoms with van der Waals surface area (Å²) in [4.78, 5) is 3.86. The molecule has 0 aromatic carbocycles. The van der Waals surface area contributed by atoms with Crippen LogP contribution in [0.2, 0.25) is 0 Å². The number of alkyl halides is 3. The summed E-state index contributed by atoms with van der Waals surface area (Å²) in [7, 11) is 0. The van der Waals surface area contributed by atoms with Crippen molar-refractivity contribution in [1.82, 2.24) is 10.4 Å². The zero-order valence-corrected chi connectivity index (χ0v) is 11.0. The minimum atomic E-state index is -4.37. The number of nitrogens with two attached hydrogens (primary N) is 1. The lowest BCUT2D eigenvalue weighted by atomic mass is 9.97. The maximum absolute atomic E-state index is 13.1. The van der Waals surface area contributed by atoms with Crippen molar-refractivity contribution in [2.75, 3.05) is 0 Å². The van der Waals surface area contributed by atoms with Crippen LogP contribution in [-0.4, -0.2) is 4.98 Å². The lowest BCUT2D eigenvalue weighted by Gasteiger charge is -2.21. The van der Waals surface area contributed by atoms with Crippen molar-refractivity contribution in [3.05, 3.63) is 29.6 Å². The summed E-state index contributed by atoms with van der Waals surface area (Å²) in [5.74, 6) is 6.82. The average molecular weight is 285 g/mol. The number of aromatic nitrogens is 1. The van der Waals surface area contributed by atoms with E-state index in [1.165, 1.54) is 25.2 Å². The minimum Gasteiger partial charge on any atom is -0.271 e. The minimum absolute atomic E-state index is 0.182. The predicted octanol–water partition coefficient (Wildman–Crippen LogP) is 3.04. The van der Waals surface area contributed by atoms with Crippen LogP contribution in [0.3, 0.4) is 0 Å². The summed E-state index contributed by atoms with van der Waals surface area (Å²) in [6.45, 7) is 0. The first-order valence-corrected chi connectivity index (χ1v) is 7.01. The number of pyridine rings is 1. The average Bonchev–Trinajstić information content (AvgIpc) is 3.14. The SMILES string of the molecule is NNC(c1cnccc1C(F)(F)F)C1C2CCCCC21. The normalized spacial score (nSPS) is 30.7. The van der Waals surface area contributed by atoms with Crippen LogP contribution in [0.1, 0.15) is 42.9 Å². The van der Waals surface area contributed by atoms with E-state index in [2.05, 4.69) is 10.4 Å². The first-order valence-electron chi connectivity index (χ1n) is 7.01. The van der Waals surface area contributed by atoms with Crippen LogP contribution < -0.4 is 11.3 Å². The zero-order valence-electron chi connectivity index (χ0n) is 11.0. The summed E-state index contributed by atoms with van der Waals surface area (Å²) in [6, 6.07) is 0.583. The highest BCUT2D eigenvalue weighted by molar-refractivity contribution is 5.31. The molecule has 0 saturated heterocycles. The topological polar surface area (TPSA) is 50.9 Å². The predicted molar refractivity (Wildman–Crippen MR) is 68.2 cm³/mol. The van der Waals surface area contributed by atoms with Gasteiger partial charge in [0.05, 0.1) is 11.6 Å². The number of nitrogens with zero attached hydrogens (tertiary/aromatic N) is 1. The van der Waals surface area contributed by atoms with Gasteiger partial charge in [0.15, 0.2) is 0 Å². The van der Waals surface area contributed by atoms with E-state index in [0.29, 0.717) is 11.8 Å². The van der Waals surface area contributed by atoms with Crippen LogP contribution in [0.25, 0.3) is 0 Å². The van der Waals surface area contributed by atoms with Gasteiger partial charge in [0.25, 0.3) is 0 Å². The van der Waals surface area contributed by atoms with Crippen LogP contribution in [0.15, 0.2) is 18.5 Å². The quantitative estimate of drug-likeness (QED) is 0.663. The van der Waals surface area contributed by atoms with Gasteiger partial charge < -0.3 is 0 Å². The molecule has 2 aliphatic rings. The molecule has 0 spiro atoms. The molecule has 2 fully saturated rings. The molecular formula is C14H18F3N3. The van der Waals surface area contributed by atoms with Gasteiger partial charge in [-0.2, -0.15) is 13.2 Å². The Labute approximate surface area is 115 Å². The van der Waals surface area contributed by atoms with E-state index < -0.39 is 17.8 Å². The molecule has 0 aliphatic heterocycles. The van der Waals surface area contributed by atoms with Gasteiger partial charge in [0.2, 0.25) is 0 Å². The number of nitrogens with one attached hydrogen (secondary N) is 1. The third kappa shape index (κ3) is 2.31. The summed E-state index contributed by atoms with van der Waals surface area (Å²) < 4.78 is 39.3. The molecule has 3 nitrogen and oxygen atoms in total. The Morgan fingerprint density at radius 3 is 2.45 bits per heavy atom. The van der Waals surface area contributed by atoms with Gasteiger partial charge in [0.1, 0.15) is 0 Å². The van der Waals surface area contributed by atoms with Crippen molar-refractivity contribution in [1.29, 1.82) is 0 Å². The van der Waals surface area contributed by atoms with Gasteiger partial charge in [-0.25, -0.2) is 0 Å². The fraction of sp³-hybridized carbons (Fsp3) is 0.643. The van der Waals surface area contributed by atoms with E-state index in [4.69, 9.17) is 5.84 Å². The summed E-state index contributed by atoms with van der Waals surface area (Å²) in [5.41, 5.74) is 2.17. The molecule has 3 rings (SSSR count). The molecule has 6 heteroatoms. The molecule has 3 unspecified atom stereocenters. The van der Waals surface area contributed by atoms with Gasteiger partial charge in [-0.15, -0.1) is 0 Å². The van der Waals surface area contributed by atoms with E-state index >= 15 is 0 Å². The van der Waals surface area contributed by atoms with Crippen LogP contribution >= 0.6 is 0 Å². The Hall–Kier alpha value is -1.14. The monoisotopic (exact) mass is 285 g/mol. The number of hydrogen-bond acceptors (Lipinski definition) is 3. The number of fused-ring (bicyclic) bond motifs is 1. The Balaban J connectivity index is 1.91. The Bertz CT molecular complexity index is 477. The molecule has 0 radical (unpaired) electrons. The third-order valence-electron chi connectivity index (χ3n) is 4.78. The molecule has 110 valence electrons. The molecule has 1 heterocycles. The highest BCUT2D eigenvalue weighted by atomic mass is 19.4. The summed E-state index contributed by atoms with van der Waals surface area (Å²) >= 11 is 0. The van der Waals surface area contributed by atoms with E-state index in [1.807, 2.05) is 0 Å². The van der Waals surface area contributed by atoms with E-state index in [1.54, 1.807) is 0 Å². The van der Waals surface area contributed by atoms with Crippen molar-refractivity contribution in [2.24, 2.45) is 23.6 Å². The first kappa shape index (κ1) is 13.8. The molecule has 0 bridgehead atoms. The number of hydrogen-bond donors (Lipinski definition) is 2. The van der Waals surface area contributed by atoms with Crippen molar-refractivity contribution in [2.45, 2.75) is 37.9 Å². The Morgan fingerprint density at radius 1 is 1.25 bits per heavy atom. The Morgan fingerprint density at radius 2 is 1.90 bits per heavy atom. The summed E-state index contributed by atoms with van der Waals surface area (Å²) in [5, 5.41) is 0. The molecule has 2 saturated carbocycles. The maximum Gasteiger partial charge on any atom is 0.416 e. The van der Waals surface area contributed by atoms with E-state index in [0.717, 1.165) is 18.9 Å². The van der Waals surface area contributed by atoms with Crippen LogP contribution in [-0.2, 0) is 6.18 Å². The molecule has 1 aromatic heterocycles.